The van der Waals surface area contributed by atoms with Crippen LogP contribution in [0.3, 0.4) is 0 Å². The fourth-order valence-corrected chi connectivity index (χ4v) is 1.75. The van der Waals surface area contributed by atoms with Crippen LogP contribution in [0, 0.1) is 5.41 Å². The molecule has 1 amide bonds. The first-order valence-corrected chi connectivity index (χ1v) is 5.14. The van der Waals surface area contributed by atoms with E-state index < -0.39 is 0 Å². The summed E-state index contributed by atoms with van der Waals surface area (Å²) in [5, 5.41) is 5.81. The molecule has 13 heavy (non-hydrogen) atoms. The van der Waals surface area contributed by atoms with Crippen molar-refractivity contribution < 1.29 is 4.79 Å². The molecule has 1 fully saturated rings. The molecular formula is C10H20N2O. The maximum absolute atomic E-state index is 10.9. The highest BCUT2D eigenvalue weighted by atomic mass is 16.1. The first kappa shape index (κ1) is 10.5. The highest BCUT2D eigenvalue weighted by Gasteiger charge is 2.40. The van der Waals surface area contributed by atoms with Crippen molar-refractivity contribution in [2.24, 2.45) is 5.41 Å². The molecule has 0 bridgehead atoms. The Morgan fingerprint density at radius 1 is 1.46 bits per heavy atom. The second kappa shape index (κ2) is 4.61. The van der Waals surface area contributed by atoms with Gasteiger partial charge >= 0.3 is 0 Å². The molecule has 76 valence electrons. The Kier molecular flexibility index (Phi) is 3.72. The highest BCUT2D eigenvalue weighted by Crippen LogP contribution is 2.48. The van der Waals surface area contributed by atoms with Gasteiger partial charge in [0.25, 0.3) is 0 Å². The van der Waals surface area contributed by atoms with Crippen molar-refractivity contribution >= 4 is 5.91 Å². The SMILES string of the molecule is CCCC1(CNCC(=O)NC)CC1. The molecule has 0 aromatic heterocycles. The number of hydrogen-bond acceptors (Lipinski definition) is 2. The lowest BCUT2D eigenvalue weighted by atomic mass is 10.0. The summed E-state index contributed by atoms with van der Waals surface area (Å²) in [6.07, 6.45) is 5.22. The molecule has 0 atom stereocenters. The molecule has 0 unspecified atom stereocenters. The van der Waals surface area contributed by atoms with Crippen molar-refractivity contribution in [1.29, 1.82) is 0 Å². The maximum atomic E-state index is 10.9. The van der Waals surface area contributed by atoms with Gasteiger partial charge in [0, 0.05) is 13.6 Å². The lowest BCUT2D eigenvalue weighted by Crippen LogP contribution is -2.34. The fourth-order valence-electron chi connectivity index (χ4n) is 1.75. The summed E-state index contributed by atoms with van der Waals surface area (Å²) >= 11 is 0. The quantitative estimate of drug-likeness (QED) is 0.644. The first-order valence-electron chi connectivity index (χ1n) is 5.14. The van der Waals surface area contributed by atoms with Crippen LogP contribution in [-0.2, 0) is 4.79 Å². The third-order valence-electron chi connectivity index (χ3n) is 2.80. The van der Waals surface area contributed by atoms with E-state index in [2.05, 4.69) is 17.6 Å². The van der Waals surface area contributed by atoms with Gasteiger partial charge in [0.15, 0.2) is 0 Å². The number of nitrogens with one attached hydrogen (secondary N) is 2. The van der Waals surface area contributed by atoms with Crippen molar-refractivity contribution in [3.63, 3.8) is 0 Å². The topological polar surface area (TPSA) is 41.1 Å². The number of carbonyl (C=O) groups is 1. The van der Waals surface area contributed by atoms with Gasteiger partial charge in [-0.15, -0.1) is 0 Å². The largest absolute Gasteiger partial charge is 0.358 e. The third kappa shape index (κ3) is 3.35. The van der Waals surface area contributed by atoms with Gasteiger partial charge in [0.05, 0.1) is 6.54 Å². The van der Waals surface area contributed by atoms with Crippen molar-refractivity contribution in [3.8, 4) is 0 Å². The van der Waals surface area contributed by atoms with Crippen LogP contribution in [0.5, 0.6) is 0 Å². The molecule has 0 spiro atoms. The van der Waals surface area contributed by atoms with Crippen LogP contribution < -0.4 is 10.6 Å². The Morgan fingerprint density at radius 3 is 2.62 bits per heavy atom. The molecule has 3 heteroatoms. The zero-order chi connectivity index (χ0) is 9.73. The van der Waals surface area contributed by atoms with E-state index in [1.807, 2.05) is 0 Å². The fraction of sp³-hybridized carbons (Fsp3) is 0.900. The Morgan fingerprint density at radius 2 is 2.15 bits per heavy atom. The normalized spacial score (nSPS) is 18.3. The molecule has 2 N–H and O–H groups in total. The molecule has 1 rings (SSSR count). The van der Waals surface area contributed by atoms with Crippen molar-refractivity contribution in [1.82, 2.24) is 10.6 Å². The van der Waals surface area contributed by atoms with E-state index in [1.165, 1.54) is 25.7 Å². The van der Waals surface area contributed by atoms with Gasteiger partial charge in [0.2, 0.25) is 5.91 Å². The minimum atomic E-state index is 0.0762. The Labute approximate surface area is 80.3 Å². The van der Waals surface area contributed by atoms with Crippen LogP contribution in [0.25, 0.3) is 0 Å². The number of likely N-dealkylation sites (N-methyl/N-ethyl adjacent to an activating group) is 1. The Bertz CT molecular complexity index is 176. The molecule has 1 aliphatic carbocycles. The van der Waals surface area contributed by atoms with E-state index in [-0.39, 0.29) is 5.91 Å². The average molecular weight is 184 g/mol. The predicted molar refractivity (Wildman–Crippen MR) is 53.5 cm³/mol. The number of carbonyl (C=O) groups excluding carboxylic acids is 1. The zero-order valence-corrected chi connectivity index (χ0v) is 8.65. The summed E-state index contributed by atoms with van der Waals surface area (Å²) in [6.45, 7) is 3.69. The summed E-state index contributed by atoms with van der Waals surface area (Å²) in [6, 6.07) is 0. The van der Waals surface area contributed by atoms with Gasteiger partial charge < -0.3 is 10.6 Å². The zero-order valence-electron chi connectivity index (χ0n) is 8.65. The molecule has 0 saturated heterocycles. The lowest BCUT2D eigenvalue weighted by Gasteiger charge is -2.14. The molecule has 0 radical (unpaired) electrons. The maximum Gasteiger partial charge on any atom is 0.233 e. The van der Waals surface area contributed by atoms with Crippen molar-refractivity contribution in [3.05, 3.63) is 0 Å². The standard InChI is InChI=1S/C10H20N2O/c1-3-4-10(5-6-10)8-12-7-9(13)11-2/h12H,3-8H2,1-2H3,(H,11,13). The predicted octanol–water partition coefficient (Wildman–Crippen LogP) is 0.902. The van der Waals surface area contributed by atoms with E-state index in [0.29, 0.717) is 12.0 Å². The van der Waals surface area contributed by atoms with Crippen molar-refractivity contribution in [2.45, 2.75) is 32.6 Å². The molecule has 0 heterocycles. The van der Waals surface area contributed by atoms with E-state index in [4.69, 9.17) is 0 Å². The van der Waals surface area contributed by atoms with E-state index in [9.17, 15) is 4.79 Å². The second-order valence-corrected chi connectivity index (χ2v) is 4.03. The van der Waals surface area contributed by atoms with E-state index >= 15 is 0 Å². The number of amides is 1. The minimum absolute atomic E-state index is 0.0762. The molecule has 3 nitrogen and oxygen atoms in total. The monoisotopic (exact) mass is 184 g/mol. The van der Waals surface area contributed by atoms with Crippen LogP contribution >= 0.6 is 0 Å². The van der Waals surface area contributed by atoms with Gasteiger partial charge in [0.1, 0.15) is 0 Å². The first-order chi connectivity index (χ1) is 6.22. The Hall–Kier alpha value is -0.570. The van der Waals surface area contributed by atoms with Crippen LogP contribution in [0.2, 0.25) is 0 Å². The summed E-state index contributed by atoms with van der Waals surface area (Å²) in [4.78, 5) is 10.9. The van der Waals surface area contributed by atoms with Crippen LogP contribution in [-0.4, -0.2) is 26.0 Å². The van der Waals surface area contributed by atoms with Gasteiger partial charge in [-0.05, 0) is 24.7 Å². The van der Waals surface area contributed by atoms with Crippen LogP contribution in [0.15, 0.2) is 0 Å². The van der Waals surface area contributed by atoms with E-state index in [0.717, 1.165) is 6.54 Å². The highest BCUT2D eigenvalue weighted by molar-refractivity contribution is 5.77. The van der Waals surface area contributed by atoms with Crippen LogP contribution in [0.4, 0.5) is 0 Å². The van der Waals surface area contributed by atoms with Gasteiger partial charge in [-0.25, -0.2) is 0 Å². The molecular weight excluding hydrogens is 164 g/mol. The molecule has 0 aliphatic heterocycles. The van der Waals surface area contributed by atoms with E-state index in [1.54, 1.807) is 7.05 Å². The Balaban J connectivity index is 2.08. The van der Waals surface area contributed by atoms with Crippen LogP contribution in [0.1, 0.15) is 32.6 Å². The minimum Gasteiger partial charge on any atom is -0.358 e. The smallest absolute Gasteiger partial charge is 0.233 e. The lowest BCUT2D eigenvalue weighted by molar-refractivity contribution is -0.119. The molecule has 0 aromatic rings. The summed E-state index contributed by atoms with van der Waals surface area (Å²) in [5.74, 6) is 0.0762. The van der Waals surface area contributed by atoms with Gasteiger partial charge in [-0.3, -0.25) is 4.79 Å². The van der Waals surface area contributed by atoms with Crippen molar-refractivity contribution in [2.75, 3.05) is 20.1 Å². The van der Waals surface area contributed by atoms with Gasteiger partial charge in [-0.2, -0.15) is 0 Å². The molecule has 1 saturated carbocycles. The third-order valence-corrected chi connectivity index (χ3v) is 2.80. The van der Waals surface area contributed by atoms with Gasteiger partial charge in [-0.1, -0.05) is 13.3 Å². The number of hydrogen-bond donors (Lipinski definition) is 2. The summed E-state index contributed by atoms with van der Waals surface area (Å²) in [7, 11) is 1.67. The molecule has 1 aliphatic rings. The second-order valence-electron chi connectivity index (χ2n) is 4.03. The summed E-state index contributed by atoms with van der Waals surface area (Å²) < 4.78 is 0. The molecule has 0 aromatic carbocycles. The number of rotatable bonds is 6. The summed E-state index contributed by atoms with van der Waals surface area (Å²) in [5.41, 5.74) is 0.544. The average Bonchev–Trinajstić information content (AvgIpc) is 2.86.